The van der Waals surface area contributed by atoms with Crippen LogP contribution in [0.1, 0.15) is 50.3 Å². The second-order valence-electron chi connectivity index (χ2n) is 9.03. The van der Waals surface area contributed by atoms with Crippen molar-refractivity contribution in [2.24, 2.45) is 11.8 Å². The lowest BCUT2D eigenvalue weighted by molar-refractivity contribution is -0.944. The topological polar surface area (TPSA) is 58.6 Å². The Morgan fingerprint density at radius 2 is 2.07 bits per heavy atom. The third kappa shape index (κ3) is 3.76. The number of carbonyl (C=O) groups excluding carboxylic acids is 1. The molecule has 3 saturated heterocycles. The quantitative estimate of drug-likeness (QED) is 0.515. The van der Waals surface area contributed by atoms with Crippen LogP contribution in [0, 0.1) is 11.8 Å². The van der Waals surface area contributed by atoms with Gasteiger partial charge >= 0.3 is 0 Å². The van der Waals surface area contributed by atoms with Crippen LogP contribution < -0.4 is 5.32 Å². The summed E-state index contributed by atoms with van der Waals surface area (Å²) < 4.78 is 6.68. The van der Waals surface area contributed by atoms with Crippen molar-refractivity contribution in [2.75, 3.05) is 39.4 Å². The number of rotatable bonds is 8. The normalized spacial score (nSPS) is 32.4. The number of carbonyl (C=O) groups is 1. The molecule has 3 aliphatic heterocycles. The highest BCUT2D eigenvalue weighted by atomic mass is 32.1. The molecule has 1 aromatic heterocycles. The van der Waals surface area contributed by atoms with E-state index in [-0.39, 0.29) is 17.9 Å². The van der Waals surface area contributed by atoms with Gasteiger partial charge in [-0.2, -0.15) is 0 Å². The zero-order valence-electron chi connectivity index (χ0n) is 17.1. The number of piperidine rings is 3. The van der Waals surface area contributed by atoms with Gasteiger partial charge in [-0.05, 0) is 37.1 Å². The summed E-state index contributed by atoms with van der Waals surface area (Å²) >= 11 is 1.50. The molecular weight excluding hydrogens is 372 g/mol. The number of hydrogen-bond acceptors (Lipinski definition) is 4. The van der Waals surface area contributed by atoms with E-state index in [1.54, 1.807) is 0 Å². The summed E-state index contributed by atoms with van der Waals surface area (Å²) in [5, 5.41) is 16.9. The Bertz CT molecular complexity index is 651. The first-order valence-electron chi connectivity index (χ1n) is 11.1. The third-order valence-electron chi connectivity index (χ3n) is 7.52. The molecule has 28 heavy (non-hydrogen) atoms. The monoisotopic (exact) mass is 407 g/mol. The molecule has 1 unspecified atom stereocenters. The maximum atomic E-state index is 13.5. The Kier molecular flexibility index (Phi) is 6.12. The fourth-order valence-electron chi connectivity index (χ4n) is 5.78. The molecule has 2 bridgehead atoms. The van der Waals surface area contributed by atoms with E-state index in [0.717, 1.165) is 74.2 Å². The summed E-state index contributed by atoms with van der Waals surface area (Å²) in [5.74, 6) is 0.420. The van der Waals surface area contributed by atoms with E-state index in [1.165, 1.54) is 24.4 Å². The molecule has 6 heteroatoms. The van der Waals surface area contributed by atoms with Gasteiger partial charge in [0.25, 0.3) is 5.91 Å². The number of nitrogens with zero attached hydrogens (tertiary/aromatic N) is 1. The van der Waals surface area contributed by atoms with Crippen molar-refractivity contribution in [3.8, 4) is 0 Å². The molecule has 1 saturated carbocycles. The standard InChI is InChI=1S/C22H34N2O3S/c1-2-27-14-13-24-11-9-17(10-12-24)19(16-24)23-21(25)22(26,18-6-3-4-7-18)20-8-5-15-28-20/h5,8,15,17-19,26H,2-4,6-7,9-14,16H2,1H3/p+1/t17?,19-,22?,24?/m0/s1. The number of amides is 1. The lowest BCUT2D eigenvalue weighted by atomic mass is 9.79. The molecule has 5 rings (SSSR count). The molecule has 4 fully saturated rings. The van der Waals surface area contributed by atoms with Gasteiger partial charge in [-0.3, -0.25) is 4.79 Å². The first kappa shape index (κ1) is 20.3. The van der Waals surface area contributed by atoms with Crippen LogP contribution in [0.15, 0.2) is 17.5 Å². The zero-order valence-corrected chi connectivity index (χ0v) is 17.9. The molecule has 0 aromatic carbocycles. The number of ether oxygens (including phenoxy) is 1. The molecule has 2 N–H and O–H groups in total. The number of nitrogens with one attached hydrogen (secondary N) is 1. The van der Waals surface area contributed by atoms with Crippen LogP contribution in [-0.2, 0) is 15.1 Å². The van der Waals surface area contributed by atoms with Crippen LogP contribution >= 0.6 is 11.3 Å². The van der Waals surface area contributed by atoms with E-state index in [1.807, 2.05) is 24.4 Å². The predicted molar refractivity (Wildman–Crippen MR) is 111 cm³/mol. The van der Waals surface area contributed by atoms with Gasteiger partial charge in [0.05, 0.1) is 32.3 Å². The molecule has 156 valence electrons. The van der Waals surface area contributed by atoms with E-state index < -0.39 is 5.60 Å². The lowest BCUT2D eigenvalue weighted by Crippen LogP contribution is -2.69. The van der Waals surface area contributed by atoms with Crippen LogP contribution in [0.25, 0.3) is 0 Å². The van der Waals surface area contributed by atoms with Gasteiger partial charge in [0.15, 0.2) is 5.60 Å². The highest BCUT2D eigenvalue weighted by Crippen LogP contribution is 2.43. The van der Waals surface area contributed by atoms with E-state index in [4.69, 9.17) is 4.74 Å². The fourth-order valence-corrected chi connectivity index (χ4v) is 6.68. The van der Waals surface area contributed by atoms with Gasteiger partial charge in [0.2, 0.25) is 0 Å². The Hall–Kier alpha value is -0.950. The van der Waals surface area contributed by atoms with Crippen LogP contribution in [0.2, 0.25) is 0 Å². The van der Waals surface area contributed by atoms with Crippen LogP contribution in [0.5, 0.6) is 0 Å². The average Bonchev–Trinajstić information content (AvgIpc) is 3.43. The van der Waals surface area contributed by atoms with Gasteiger partial charge in [-0.15, -0.1) is 11.3 Å². The van der Waals surface area contributed by atoms with Gasteiger partial charge in [-0.1, -0.05) is 18.9 Å². The summed E-state index contributed by atoms with van der Waals surface area (Å²) in [6, 6.07) is 4.04. The lowest BCUT2D eigenvalue weighted by Gasteiger charge is -2.53. The average molecular weight is 408 g/mol. The molecule has 4 aliphatic rings. The molecule has 2 atom stereocenters. The van der Waals surface area contributed by atoms with Gasteiger partial charge in [-0.25, -0.2) is 0 Å². The smallest absolute Gasteiger partial charge is 0.258 e. The largest absolute Gasteiger partial charge is 0.376 e. The first-order chi connectivity index (χ1) is 13.6. The summed E-state index contributed by atoms with van der Waals surface area (Å²) in [5.41, 5.74) is -1.37. The minimum atomic E-state index is -1.37. The van der Waals surface area contributed by atoms with E-state index in [2.05, 4.69) is 5.32 Å². The number of thiophene rings is 1. The number of fused-ring (bicyclic) bond motifs is 3. The number of quaternary nitrogens is 1. The van der Waals surface area contributed by atoms with Gasteiger partial charge in [0, 0.05) is 30.2 Å². The second-order valence-corrected chi connectivity index (χ2v) is 9.98. The van der Waals surface area contributed by atoms with Crippen LogP contribution in [0.4, 0.5) is 0 Å². The van der Waals surface area contributed by atoms with Crippen molar-refractivity contribution in [2.45, 2.75) is 57.1 Å². The maximum absolute atomic E-state index is 13.5. The molecule has 4 heterocycles. The SMILES string of the molecule is CCOCC[N+]12CCC(CC1)[C@@H](NC(=O)C(O)(c1cccs1)C1CCCC1)C2. The Labute approximate surface area is 172 Å². The van der Waals surface area contributed by atoms with E-state index in [0.29, 0.717) is 5.92 Å². The second kappa shape index (κ2) is 8.42. The summed E-state index contributed by atoms with van der Waals surface area (Å²) in [7, 11) is 0. The summed E-state index contributed by atoms with van der Waals surface area (Å²) in [4.78, 5) is 14.3. The van der Waals surface area contributed by atoms with Crippen molar-refractivity contribution in [3.63, 3.8) is 0 Å². The summed E-state index contributed by atoms with van der Waals surface area (Å²) in [6.45, 7) is 8.00. The van der Waals surface area contributed by atoms with Crippen molar-refractivity contribution in [3.05, 3.63) is 22.4 Å². The molecule has 5 nitrogen and oxygen atoms in total. The Morgan fingerprint density at radius 1 is 1.32 bits per heavy atom. The van der Waals surface area contributed by atoms with Crippen molar-refractivity contribution in [1.82, 2.24) is 5.32 Å². The molecule has 1 aromatic rings. The molecule has 1 amide bonds. The molecule has 0 spiro atoms. The van der Waals surface area contributed by atoms with Gasteiger partial charge in [0.1, 0.15) is 6.54 Å². The third-order valence-corrected chi connectivity index (χ3v) is 8.52. The Balaban J connectivity index is 1.48. The predicted octanol–water partition coefficient (Wildman–Crippen LogP) is 2.89. The minimum Gasteiger partial charge on any atom is -0.376 e. The summed E-state index contributed by atoms with van der Waals surface area (Å²) in [6.07, 6.45) is 6.41. The Morgan fingerprint density at radius 3 is 2.71 bits per heavy atom. The van der Waals surface area contributed by atoms with Crippen molar-refractivity contribution >= 4 is 17.2 Å². The molecule has 1 aliphatic carbocycles. The van der Waals surface area contributed by atoms with Gasteiger partial charge < -0.3 is 19.6 Å². The highest BCUT2D eigenvalue weighted by Gasteiger charge is 2.51. The zero-order chi connectivity index (χ0) is 19.6. The highest BCUT2D eigenvalue weighted by molar-refractivity contribution is 7.10. The minimum absolute atomic E-state index is 0.0355. The van der Waals surface area contributed by atoms with E-state index >= 15 is 0 Å². The molecule has 0 radical (unpaired) electrons. The van der Waals surface area contributed by atoms with Crippen molar-refractivity contribution in [1.29, 1.82) is 0 Å². The van der Waals surface area contributed by atoms with Crippen LogP contribution in [-0.4, -0.2) is 60.9 Å². The van der Waals surface area contributed by atoms with E-state index in [9.17, 15) is 9.90 Å². The maximum Gasteiger partial charge on any atom is 0.258 e. The number of hydrogen-bond donors (Lipinski definition) is 2. The van der Waals surface area contributed by atoms with Crippen molar-refractivity contribution < 1.29 is 19.1 Å². The first-order valence-corrected chi connectivity index (χ1v) is 12.0. The number of aliphatic hydroxyl groups is 1. The van der Waals surface area contributed by atoms with Crippen LogP contribution in [0.3, 0.4) is 0 Å². The fraction of sp³-hybridized carbons (Fsp3) is 0.773. The molecular formula is C22H35N2O3S+.